The van der Waals surface area contributed by atoms with E-state index in [-0.39, 0.29) is 11.1 Å². The van der Waals surface area contributed by atoms with Crippen LogP contribution in [0.25, 0.3) is 77.4 Å². The number of aromatic nitrogens is 1. The molecule has 0 radical (unpaired) electrons. The van der Waals surface area contributed by atoms with Gasteiger partial charge in [-0.05, 0) is 122 Å². The van der Waals surface area contributed by atoms with Crippen LogP contribution in [0, 0.1) is 0 Å². The van der Waals surface area contributed by atoms with Gasteiger partial charge in [0.05, 0.1) is 34.3 Å². The fourth-order valence-electron chi connectivity index (χ4n) is 7.51. The van der Waals surface area contributed by atoms with Crippen LogP contribution in [-0.4, -0.2) is 4.57 Å². The minimum atomic E-state index is -1.21. The Hall–Kier alpha value is -8.20. The highest BCUT2D eigenvalue weighted by Gasteiger charge is 2.17. The fraction of sp³-hybridized carbons (Fsp3) is 0.0164. The Labute approximate surface area is 404 Å². The number of anilines is 3. The van der Waals surface area contributed by atoms with E-state index in [1.165, 1.54) is 0 Å². The maximum atomic E-state index is 9.79. The summed E-state index contributed by atoms with van der Waals surface area (Å²) in [4.78, 5) is 0.486. The molecule has 0 saturated carbocycles. The van der Waals surface area contributed by atoms with E-state index in [2.05, 4.69) is 10.6 Å². The predicted octanol–water partition coefficient (Wildman–Crippen LogP) is 16.6. The number of fused-ring (bicyclic) bond motifs is 3. The summed E-state index contributed by atoms with van der Waals surface area (Å²) in [5.74, 6) is 0. The molecular formula is C61H44N2. The summed E-state index contributed by atoms with van der Waals surface area (Å²) >= 11 is 0. The molecule has 0 unspecified atom stereocenters. The normalized spacial score (nSPS) is 16.8. The summed E-state index contributed by atoms with van der Waals surface area (Å²) in [5.41, 5.74) is -2.95. The van der Waals surface area contributed by atoms with Crippen LogP contribution in [0.1, 0.15) is 39.8 Å². The SMILES string of the molecule is [2H]c1cc(-c2c([2H])c([2H])c(N(c3c([2H])c([2H])c(-c4ccc5c(c4)c4ccccc4n5Cc4cccc(-c5ccccc5)c4)c([2H])c3[2H])c3c([2H])c([2H])c(-c4c([2H])c([2H])c([2H])c([2H])c4-c4c([2H])c([2H])c([2H])c([2H])c4[2H])c([2H])c3[2H])c([2H])c2[2H])c([2H])c([2H])c1[2H]. The lowest BCUT2D eigenvalue weighted by molar-refractivity contribution is 0.869. The van der Waals surface area contributed by atoms with E-state index in [4.69, 9.17) is 17.8 Å². The van der Waals surface area contributed by atoms with Crippen molar-refractivity contribution < 1.29 is 34.3 Å². The van der Waals surface area contributed by atoms with Gasteiger partial charge in [0.1, 0.15) is 0 Å². The van der Waals surface area contributed by atoms with Crippen molar-refractivity contribution in [2.24, 2.45) is 0 Å². The first kappa shape index (κ1) is 19.7. The van der Waals surface area contributed by atoms with Gasteiger partial charge in [-0.25, -0.2) is 0 Å². The second-order valence-electron chi connectivity index (χ2n) is 14.2. The monoisotopic (exact) mass is 830 g/mol. The van der Waals surface area contributed by atoms with E-state index in [0.717, 1.165) is 39.2 Å². The molecule has 11 rings (SSSR count). The second-order valence-corrected chi connectivity index (χ2v) is 14.2. The van der Waals surface area contributed by atoms with Crippen LogP contribution in [0.3, 0.4) is 0 Å². The Bertz CT molecular complexity index is 4730. The molecule has 0 bridgehead atoms. The van der Waals surface area contributed by atoms with Crippen molar-refractivity contribution in [2.45, 2.75) is 6.54 Å². The smallest absolute Gasteiger partial charge is 0.0645 e. The molecule has 0 saturated heterocycles. The number of para-hydroxylation sites is 1. The summed E-state index contributed by atoms with van der Waals surface area (Å²) < 4.78 is 229. The lowest BCUT2D eigenvalue weighted by Crippen LogP contribution is -2.09. The van der Waals surface area contributed by atoms with Gasteiger partial charge in [-0.1, -0.05) is 194 Å². The highest BCUT2D eigenvalue weighted by Crippen LogP contribution is 2.40. The maximum Gasteiger partial charge on any atom is 0.0645 e. The molecule has 1 heterocycles. The number of hydrogen-bond acceptors (Lipinski definition) is 1. The number of rotatable bonds is 10. The molecule has 0 atom stereocenters. The van der Waals surface area contributed by atoms with Gasteiger partial charge in [-0.3, -0.25) is 0 Å². The molecule has 0 fully saturated rings. The molecule has 63 heavy (non-hydrogen) atoms. The van der Waals surface area contributed by atoms with Crippen LogP contribution in [0.15, 0.2) is 254 Å². The maximum absolute atomic E-state index is 9.79. The Morgan fingerprint density at radius 1 is 0.333 bits per heavy atom. The molecule has 2 nitrogen and oxygen atoms in total. The Balaban J connectivity index is 1.17. The summed E-state index contributed by atoms with van der Waals surface area (Å²) in [5, 5.41) is 1.46. The Kier molecular flexibility index (Phi) is 5.21. The van der Waals surface area contributed by atoms with Gasteiger partial charge < -0.3 is 9.47 Å². The number of hydrogen-bond donors (Lipinski definition) is 0. The zero-order valence-corrected chi connectivity index (χ0v) is 32.9. The summed E-state index contributed by atoms with van der Waals surface area (Å²) in [6.07, 6.45) is 0. The second kappa shape index (κ2) is 16.7. The molecule has 0 N–H and O–H groups in total. The van der Waals surface area contributed by atoms with E-state index < -0.39 is 202 Å². The third-order valence-corrected chi connectivity index (χ3v) is 10.4. The minimum absolute atomic E-state index is 0.188. The van der Waals surface area contributed by atoms with Crippen LogP contribution in [0.5, 0.6) is 0 Å². The van der Waals surface area contributed by atoms with Gasteiger partial charge in [0.15, 0.2) is 0 Å². The van der Waals surface area contributed by atoms with Gasteiger partial charge in [0, 0.05) is 45.4 Å². The van der Waals surface area contributed by atoms with Crippen molar-refractivity contribution in [2.75, 3.05) is 4.90 Å². The summed E-state index contributed by atoms with van der Waals surface area (Å²) in [7, 11) is 0. The third kappa shape index (κ3) is 7.49. The fourth-order valence-corrected chi connectivity index (χ4v) is 7.51. The van der Waals surface area contributed by atoms with Crippen molar-refractivity contribution >= 4 is 38.9 Å². The molecule has 1 aromatic heterocycles. The number of benzene rings is 10. The average Bonchev–Trinajstić information content (AvgIpc) is 0.902. The molecule has 10 aromatic carbocycles. The molecule has 298 valence electrons. The summed E-state index contributed by atoms with van der Waals surface area (Å²) in [6.45, 7) is 0.430. The zero-order valence-electron chi connectivity index (χ0n) is 57.9. The average molecular weight is 830 g/mol. The van der Waals surface area contributed by atoms with Crippen LogP contribution < -0.4 is 4.90 Å². The lowest BCUT2D eigenvalue weighted by Gasteiger charge is -2.26. The zero-order chi connectivity index (χ0) is 63.7. The Morgan fingerprint density at radius 3 is 1.56 bits per heavy atom. The first-order valence-electron chi connectivity index (χ1n) is 32.2. The van der Waals surface area contributed by atoms with E-state index in [0.29, 0.717) is 16.8 Å². The van der Waals surface area contributed by atoms with Gasteiger partial charge in [-0.2, -0.15) is 0 Å². The quantitative estimate of drug-likeness (QED) is 0.133. The van der Waals surface area contributed by atoms with Crippen molar-refractivity contribution in [1.29, 1.82) is 0 Å². The molecule has 0 aliphatic heterocycles. The molecular weight excluding hydrogens is 761 g/mol. The van der Waals surface area contributed by atoms with Crippen LogP contribution >= 0.6 is 0 Å². The van der Waals surface area contributed by atoms with Crippen molar-refractivity contribution in [1.82, 2.24) is 4.57 Å². The van der Waals surface area contributed by atoms with E-state index >= 15 is 0 Å². The molecule has 0 aliphatic carbocycles. The first-order valence-corrected chi connectivity index (χ1v) is 19.7. The van der Waals surface area contributed by atoms with Crippen LogP contribution in [0.2, 0.25) is 0 Å². The van der Waals surface area contributed by atoms with Gasteiger partial charge in [0.2, 0.25) is 0 Å². The highest BCUT2D eigenvalue weighted by atomic mass is 15.1. The Morgan fingerprint density at radius 2 is 0.857 bits per heavy atom. The third-order valence-electron chi connectivity index (χ3n) is 10.4. The molecule has 0 spiro atoms. The topological polar surface area (TPSA) is 8.17 Å². The largest absolute Gasteiger partial charge is 0.336 e. The van der Waals surface area contributed by atoms with Gasteiger partial charge >= 0.3 is 0 Å². The van der Waals surface area contributed by atoms with Crippen molar-refractivity contribution in [3.63, 3.8) is 0 Å². The summed E-state index contributed by atoms with van der Waals surface area (Å²) in [6, 6.07) is 7.73. The van der Waals surface area contributed by atoms with Crippen LogP contribution in [0.4, 0.5) is 17.1 Å². The molecule has 11 aromatic rings. The molecule has 0 amide bonds. The predicted molar refractivity (Wildman–Crippen MR) is 267 cm³/mol. The van der Waals surface area contributed by atoms with Crippen molar-refractivity contribution in [3.05, 3.63) is 260 Å². The van der Waals surface area contributed by atoms with E-state index in [1.54, 1.807) is 18.2 Å². The lowest BCUT2D eigenvalue weighted by atomic mass is 9.94. The standard InChI is InChI=1S/C61H44N2/c1-4-16-45(17-5-1)47-27-34-53(35-28-47)63(55-38-31-50(32-39-55)57-24-11-10-23-56(57)49-20-8-3-9-21-49)54-36-29-48(30-37-54)52-33-40-61-59(42-52)58-25-12-13-26-60(58)62(61)43-44-15-14-22-51(41-44)46-18-6-2-7-19-46/h1-42H,43H2/i1D,3D,4D,5D,8D,9D,10D,11D,16D,20D,21D,23D,24D,27D,28D,29D,30D,31D,32D,34D,35D,36D,37D,38D,39D. The van der Waals surface area contributed by atoms with Gasteiger partial charge in [0.25, 0.3) is 0 Å². The first-order chi connectivity index (χ1) is 41.6. The molecule has 2 heteroatoms. The minimum Gasteiger partial charge on any atom is -0.336 e. The number of nitrogens with zero attached hydrogens (tertiary/aromatic N) is 2. The highest BCUT2D eigenvalue weighted by molar-refractivity contribution is 6.09. The van der Waals surface area contributed by atoms with Gasteiger partial charge in [-0.15, -0.1) is 0 Å². The van der Waals surface area contributed by atoms with Crippen molar-refractivity contribution in [3.8, 4) is 55.6 Å². The van der Waals surface area contributed by atoms with Crippen LogP contribution in [-0.2, 0) is 6.54 Å². The van der Waals surface area contributed by atoms with E-state index in [1.807, 2.05) is 72.8 Å². The molecule has 0 aliphatic rings. The van der Waals surface area contributed by atoms with E-state index in [9.17, 15) is 16.4 Å².